The molecule has 0 saturated heterocycles. The van der Waals surface area contributed by atoms with Gasteiger partial charge in [0, 0.05) is 5.69 Å². The van der Waals surface area contributed by atoms with Gasteiger partial charge in [-0.25, -0.2) is 0 Å². The lowest BCUT2D eigenvalue weighted by atomic mass is 10.2. The zero-order valence-corrected chi connectivity index (χ0v) is 17.9. The fourth-order valence-electron chi connectivity index (χ4n) is 1.55. The van der Waals surface area contributed by atoms with Crippen LogP contribution in [0.5, 0.6) is 11.5 Å². The molecule has 0 aliphatic rings. The first kappa shape index (κ1) is 29.2. The molecule has 0 aliphatic carbocycles. The molecule has 6 heteroatoms. The molecule has 0 spiro atoms. The van der Waals surface area contributed by atoms with Crippen LogP contribution in [-0.4, -0.2) is 26.7 Å². The maximum absolute atomic E-state index is 10.0. The van der Waals surface area contributed by atoms with Crippen LogP contribution in [0, 0.1) is 13.8 Å². The second-order valence-corrected chi connectivity index (χ2v) is 4.36. The number of carbonyl (C=O) groups is 1. The zero-order valence-electron chi connectivity index (χ0n) is 17.9. The zero-order chi connectivity index (χ0) is 21.8. The standard InChI is InChI=1S/C8H9NO2.C7H9NO2.3C2H6/c1-6-2-3-8(11)7(4-6)9-5-10;1-5-2-3-7(10)6(4-9)8-5;3*1-2/h2-5,11H,1H3,(H,9,10);2-3,9-10H,4H2,1H3;3*1-2H3. The fraction of sp³-hybridized carbons (Fsp3) is 0.429. The van der Waals surface area contributed by atoms with Crippen molar-refractivity contribution in [2.75, 3.05) is 5.32 Å². The van der Waals surface area contributed by atoms with E-state index in [4.69, 9.17) is 15.3 Å². The minimum atomic E-state index is -0.215. The SMILES string of the molecule is CC.CC.CC.Cc1ccc(O)c(CO)n1.Cc1ccc(O)c(NC=O)c1. The van der Waals surface area contributed by atoms with E-state index in [-0.39, 0.29) is 18.1 Å². The molecular weight excluding hydrogens is 344 g/mol. The first-order chi connectivity index (χ1) is 13.0. The van der Waals surface area contributed by atoms with Crippen LogP contribution in [0.4, 0.5) is 5.69 Å². The number of nitrogens with one attached hydrogen (secondary N) is 1. The Bertz CT molecular complexity index is 617. The van der Waals surface area contributed by atoms with Gasteiger partial charge in [-0.3, -0.25) is 9.78 Å². The molecule has 2 rings (SSSR count). The van der Waals surface area contributed by atoms with E-state index < -0.39 is 0 Å². The summed E-state index contributed by atoms with van der Waals surface area (Å²) in [7, 11) is 0. The number of hydrogen-bond acceptors (Lipinski definition) is 5. The maximum Gasteiger partial charge on any atom is 0.211 e. The second-order valence-electron chi connectivity index (χ2n) is 4.36. The van der Waals surface area contributed by atoms with Crippen LogP contribution in [-0.2, 0) is 11.4 Å². The number of amides is 1. The van der Waals surface area contributed by atoms with E-state index in [2.05, 4.69) is 10.3 Å². The van der Waals surface area contributed by atoms with Crippen LogP contribution >= 0.6 is 0 Å². The summed E-state index contributed by atoms with van der Waals surface area (Å²) in [6.07, 6.45) is 0.536. The number of pyridine rings is 1. The topological polar surface area (TPSA) is 103 Å². The van der Waals surface area contributed by atoms with E-state index in [1.165, 1.54) is 6.07 Å². The molecule has 1 amide bonds. The molecular formula is C21H36N2O4. The number of hydrogen-bond donors (Lipinski definition) is 4. The monoisotopic (exact) mass is 380 g/mol. The van der Waals surface area contributed by atoms with Crippen LogP contribution in [0.2, 0.25) is 0 Å². The fourth-order valence-corrected chi connectivity index (χ4v) is 1.55. The minimum absolute atomic E-state index is 0.0492. The van der Waals surface area contributed by atoms with Crippen LogP contribution in [0.15, 0.2) is 30.3 Å². The number of aliphatic hydroxyl groups is 1. The molecule has 0 bridgehead atoms. The first-order valence-corrected chi connectivity index (χ1v) is 9.24. The molecule has 1 heterocycles. The Morgan fingerprint density at radius 1 is 0.926 bits per heavy atom. The number of phenols is 1. The summed E-state index contributed by atoms with van der Waals surface area (Å²) in [6.45, 7) is 15.5. The van der Waals surface area contributed by atoms with Crippen molar-refractivity contribution in [3.05, 3.63) is 47.3 Å². The third-order valence-electron chi connectivity index (χ3n) is 2.61. The summed E-state index contributed by atoms with van der Waals surface area (Å²) in [4.78, 5) is 13.9. The highest BCUT2D eigenvalue weighted by Crippen LogP contribution is 2.22. The lowest BCUT2D eigenvalue weighted by molar-refractivity contribution is -0.105. The molecule has 0 fully saturated rings. The predicted molar refractivity (Wildman–Crippen MR) is 113 cm³/mol. The van der Waals surface area contributed by atoms with E-state index in [0.717, 1.165) is 11.3 Å². The first-order valence-electron chi connectivity index (χ1n) is 9.24. The minimum Gasteiger partial charge on any atom is -0.506 e. The number of rotatable bonds is 3. The van der Waals surface area contributed by atoms with Gasteiger partial charge < -0.3 is 20.6 Å². The number of carbonyl (C=O) groups excluding carboxylic acids is 1. The van der Waals surface area contributed by atoms with Gasteiger partial charge in [0.15, 0.2) is 0 Å². The van der Waals surface area contributed by atoms with E-state index in [0.29, 0.717) is 17.8 Å². The van der Waals surface area contributed by atoms with Gasteiger partial charge in [0.25, 0.3) is 0 Å². The number of nitrogens with zero attached hydrogens (tertiary/aromatic N) is 1. The van der Waals surface area contributed by atoms with Gasteiger partial charge in [0.05, 0.1) is 12.3 Å². The molecule has 2 aromatic rings. The van der Waals surface area contributed by atoms with Crippen molar-refractivity contribution in [3.63, 3.8) is 0 Å². The molecule has 154 valence electrons. The molecule has 0 aliphatic heterocycles. The molecule has 4 N–H and O–H groups in total. The van der Waals surface area contributed by atoms with Crippen molar-refractivity contribution < 1.29 is 20.1 Å². The Hall–Kier alpha value is -2.60. The van der Waals surface area contributed by atoms with Crippen LogP contribution in [0.3, 0.4) is 0 Å². The molecule has 1 aromatic carbocycles. The third-order valence-corrected chi connectivity index (χ3v) is 2.61. The molecule has 0 atom stereocenters. The van der Waals surface area contributed by atoms with Crippen LogP contribution < -0.4 is 5.32 Å². The van der Waals surface area contributed by atoms with Gasteiger partial charge in [-0.2, -0.15) is 0 Å². The summed E-state index contributed by atoms with van der Waals surface area (Å²) in [5, 5.41) is 29.2. The van der Waals surface area contributed by atoms with Crippen molar-refractivity contribution in [1.29, 1.82) is 0 Å². The van der Waals surface area contributed by atoms with Gasteiger partial charge in [0.1, 0.15) is 17.2 Å². The van der Waals surface area contributed by atoms with Crippen LogP contribution in [0.1, 0.15) is 58.5 Å². The smallest absolute Gasteiger partial charge is 0.211 e. The molecule has 6 nitrogen and oxygen atoms in total. The van der Waals surface area contributed by atoms with Crippen molar-refractivity contribution in [1.82, 2.24) is 4.98 Å². The Morgan fingerprint density at radius 2 is 1.44 bits per heavy atom. The lowest BCUT2D eigenvalue weighted by Gasteiger charge is -2.02. The van der Waals surface area contributed by atoms with Crippen molar-refractivity contribution in [2.45, 2.75) is 62.0 Å². The predicted octanol–water partition coefficient (Wildman–Crippen LogP) is 4.94. The Labute approximate surface area is 163 Å². The third kappa shape index (κ3) is 13.3. The van der Waals surface area contributed by atoms with Crippen molar-refractivity contribution in [3.8, 4) is 11.5 Å². The van der Waals surface area contributed by atoms with Crippen molar-refractivity contribution in [2.24, 2.45) is 0 Å². The Kier molecular flexibility index (Phi) is 21.3. The van der Waals surface area contributed by atoms with E-state index >= 15 is 0 Å². The molecule has 27 heavy (non-hydrogen) atoms. The number of aromatic nitrogens is 1. The summed E-state index contributed by atoms with van der Waals surface area (Å²) in [6, 6.07) is 8.22. The average molecular weight is 381 g/mol. The van der Waals surface area contributed by atoms with E-state index in [9.17, 15) is 4.79 Å². The highest BCUT2D eigenvalue weighted by Gasteiger charge is 1.99. The largest absolute Gasteiger partial charge is 0.506 e. The van der Waals surface area contributed by atoms with E-state index in [1.54, 1.807) is 31.2 Å². The molecule has 0 radical (unpaired) electrons. The Balaban J connectivity index is -0.000000335. The maximum atomic E-state index is 10.0. The normalized spacial score (nSPS) is 8.04. The summed E-state index contributed by atoms with van der Waals surface area (Å²) < 4.78 is 0. The number of phenolic OH excluding ortho intramolecular Hbond substituents is 1. The molecule has 0 saturated carbocycles. The van der Waals surface area contributed by atoms with Gasteiger partial charge >= 0.3 is 0 Å². The molecule has 0 unspecified atom stereocenters. The van der Waals surface area contributed by atoms with Crippen LogP contribution in [0.25, 0.3) is 0 Å². The summed E-state index contributed by atoms with van der Waals surface area (Å²) in [5.41, 5.74) is 2.56. The van der Waals surface area contributed by atoms with Gasteiger partial charge in [-0.15, -0.1) is 0 Å². The lowest BCUT2D eigenvalue weighted by Crippen LogP contribution is -1.93. The average Bonchev–Trinajstić information content (AvgIpc) is 2.72. The molecule has 1 aromatic heterocycles. The summed E-state index contributed by atoms with van der Waals surface area (Å²) in [5.74, 6) is 0.135. The van der Waals surface area contributed by atoms with Gasteiger partial charge in [0.2, 0.25) is 6.41 Å². The Morgan fingerprint density at radius 3 is 1.89 bits per heavy atom. The number of aliphatic hydroxyl groups excluding tert-OH is 1. The highest BCUT2D eigenvalue weighted by atomic mass is 16.3. The van der Waals surface area contributed by atoms with Gasteiger partial charge in [-0.1, -0.05) is 47.6 Å². The number of aromatic hydroxyl groups is 2. The number of anilines is 1. The number of aryl methyl sites for hydroxylation is 2. The quantitative estimate of drug-likeness (QED) is 0.446. The second kappa shape index (κ2) is 19.7. The van der Waals surface area contributed by atoms with E-state index in [1.807, 2.05) is 48.5 Å². The number of benzene rings is 1. The summed E-state index contributed by atoms with van der Waals surface area (Å²) >= 11 is 0. The van der Waals surface area contributed by atoms with Crippen molar-refractivity contribution >= 4 is 12.1 Å². The van der Waals surface area contributed by atoms with Gasteiger partial charge in [-0.05, 0) is 43.7 Å². The highest BCUT2D eigenvalue weighted by molar-refractivity contribution is 5.75.